The van der Waals surface area contributed by atoms with E-state index < -0.39 is 10.0 Å². The minimum Gasteiger partial charge on any atom is -0.486 e. The Balaban J connectivity index is 1.60. The van der Waals surface area contributed by atoms with Crippen molar-refractivity contribution >= 4 is 21.4 Å². The third-order valence-corrected chi connectivity index (χ3v) is 7.87. The molecular weight excluding hydrogens is 358 g/mol. The van der Waals surface area contributed by atoms with E-state index in [-0.39, 0.29) is 5.41 Å². The van der Waals surface area contributed by atoms with E-state index in [1.807, 2.05) is 12.1 Å². The Hall–Kier alpha value is -1.57. The summed E-state index contributed by atoms with van der Waals surface area (Å²) in [5, 5.41) is 1.78. The quantitative estimate of drug-likeness (QED) is 0.866. The van der Waals surface area contributed by atoms with Gasteiger partial charge in [0.2, 0.25) is 10.0 Å². The fourth-order valence-corrected chi connectivity index (χ4v) is 5.88. The van der Waals surface area contributed by atoms with Crippen molar-refractivity contribution in [2.75, 3.05) is 19.8 Å². The normalized spacial score (nSPS) is 19.0. The highest BCUT2D eigenvalue weighted by Crippen LogP contribution is 2.44. The van der Waals surface area contributed by atoms with Gasteiger partial charge in [0.05, 0.1) is 0 Å². The zero-order valence-electron chi connectivity index (χ0n) is 13.9. The maximum atomic E-state index is 12.5. The molecule has 134 valence electrons. The number of benzene rings is 1. The summed E-state index contributed by atoms with van der Waals surface area (Å²) < 4.78 is 39.5. The number of thiophene rings is 1. The first-order chi connectivity index (χ1) is 12.1. The highest BCUT2D eigenvalue weighted by molar-refractivity contribution is 7.91. The Morgan fingerprint density at radius 2 is 1.84 bits per heavy atom. The monoisotopic (exact) mass is 379 g/mol. The first kappa shape index (κ1) is 16.9. The first-order valence-electron chi connectivity index (χ1n) is 8.52. The van der Waals surface area contributed by atoms with E-state index in [1.54, 1.807) is 17.5 Å². The van der Waals surface area contributed by atoms with Gasteiger partial charge in [-0.3, -0.25) is 0 Å². The van der Waals surface area contributed by atoms with Gasteiger partial charge in [0, 0.05) is 12.0 Å². The zero-order chi connectivity index (χ0) is 17.3. The van der Waals surface area contributed by atoms with Crippen LogP contribution in [0.1, 0.15) is 31.2 Å². The molecule has 0 unspecified atom stereocenters. The number of rotatable bonds is 5. The fraction of sp³-hybridized carbons (Fsp3) is 0.444. The second-order valence-electron chi connectivity index (χ2n) is 6.60. The third-order valence-electron chi connectivity index (χ3n) is 5.08. The minimum atomic E-state index is -3.46. The molecule has 25 heavy (non-hydrogen) atoms. The van der Waals surface area contributed by atoms with Crippen molar-refractivity contribution in [2.24, 2.45) is 0 Å². The Bertz CT molecular complexity index is 840. The van der Waals surface area contributed by atoms with Crippen molar-refractivity contribution in [3.8, 4) is 11.5 Å². The highest BCUT2D eigenvalue weighted by Gasteiger charge is 2.37. The van der Waals surface area contributed by atoms with Gasteiger partial charge in [-0.1, -0.05) is 25.0 Å². The van der Waals surface area contributed by atoms with E-state index in [2.05, 4.69) is 10.8 Å². The van der Waals surface area contributed by atoms with Crippen molar-refractivity contribution in [1.82, 2.24) is 4.72 Å². The molecule has 4 rings (SSSR count). The van der Waals surface area contributed by atoms with Crippen LogP contribution in [0, 0.1) is 0 Å². The lowest BCUT2D eigenvalue weighted by Crippen LogP contribution is -2.38. The molecule has 1 N–H and O–H groups in total. The van der Waals surface area contributed by atoms with Crippen LogP contribution >= 0.6 is 11.3 Å². The summed E-state index contributed by atoms with van der Waals surface area (Å²) in [6.45, 7) is 1.53. The number of hydrogen-bond acceptors (Lipinski definition) is 5. The summed E-state index contributed by atoms with van der Waals surface area (Å²) in [7, 11) is -3.46. The average Bonchev–Trinajstić information content (AvgIpc) is 3.32. The van der Waals surface area contributed by atoms with Crippen LogP contribution in [0.5, 0.6) is 11.5 Å². The van der Waals surface area contributed by atoms with Crippen molar-refractivity contribution in [3.63, 3.8) is 0 Å². The van der Waals surface area contributed by atoms with Gasteiger partial charge in [0.15, 0.2) is 11.5 Å². The third kappa shape index (κ3) is 3.28. The SMILES string of the molecule is O=S(=O)(NCC1(c2ccc3c(c2)OCCO3)CCCC1)c1cccs1. The van der Waals surface area contributed by atoms with E-state index in [9.17, 15) is 8.42 Å². The molecule has 1 saturated carbocycles. The molecule has 5 nitrogen and oxygen atoms in total. The fourth-order valence-electron chi connectivity index (χ4n) is 3.71. The van der Waals surface area contributed by atoms with Gasteiger partial charge in [-0.2, -0.15) is 0 Å². The Labute approximate surface area is 152 Å². The Kier molecular flexibility index (Phi) is 4.47. The molecule has 0 saturated heterocycles. The van der Waals surface area contributed by atoms with E-state index in [4.69, 9.17) is 9.47 Å². The standard InChI is InChI=1S/C18H21NO4S2/c20-25(21,17-4-3-11-24-17)19-13-18(7-1-2-8-18)14-5-6-15-16(12-14)23-10-9-22-15/h3-6,11-12,19H,1-2,7-10,13H2. The van der Waals surface area contributed by atoms with Crippen LogP contribution in [0.4, 0.5) is 0 Å². The lowest BCUT2D eigenvalue weighted by atomic mass is 9.79. The van der Waals surface area contributed by atoms with E-state index in [0.29, 0.717) is 24.0 Å². The van der Waals surface area contributed by atoms with E-state index in [0.717, 1.165) is 42.7 Å². The molecule has 1 aromatic carbocycles. The largest absolute Gasteiger partial charge is 0.486 e. The summed E-state index contributed by atoms with van der Waals surface area (Å²) in [6, 6.07) is 9.42. The molecule has 0 bridgehead atoms. The van der Waals surface area contributed by atoms with Gasteiger partial charge in [-0.15, -0.1) is 11.3 Å². The molecular formula is C18H21NO4S2. The predicted octanol–water partition coefficient (Wildman–Crippen LogP) is 3.31. The predicted molar refractivity (Wildman–Crippen MR) is 97.1 cm³/mol. The lowest BCUT2D eigenvalue weighted by Gasteiger charge is -2.31. The topological polar surface area (TPSA) is 64.6 Å². The number of sulfonamides is 1. The zero-order valence-corrected chi connectivity index (χ0v) is 15.5. The van der Waals surface area contributed by atoms with Crippen molar-refractivity contribution in [1.29, 1.82) is 0 Å². The first-order valence-corrected chi connectivity index (χ1v) is 10.9. The molecule has 0 amide bonds. The van der Waals surface area contributed by atoms with Gasteiger partial charge >= 0.3 is 0 Å². The number of hydrogen-bond donors (Lipinski definition) is 1. The molecule has 2 heterocycles. The minimum absolute atomic E-state index is 0.180. The summed E-state index contributed by atoms with van der Waals surface area (Å²) in [5.41, 5.74) is 0.948. The second kappa shape index (κ2) is 6.63. The Morgan fingerprint density at radius 3 is 2.56 bits per heavy atom. The van der Waals surface area contributed by atoms with Crippen LogP contribution in [0.2, 0.25) is 0 Å². The van der Waals surface area contributed by atoms with Crippen LogP contribution in [0.25, 0.3) is 0 Å². The van der Waals surface area contributed by atoms with Crippen molar-refractivity contribution in [3.05, 3.63) is 41.3 Å². The van der Waals surface area contributed by atoms with Gasteiger partial charge in [0.25, 0.3) is 0 Å². The van der Waals surface area contributed by atoms with E-state index >= 15 is 0 Å². The summed E-state index contributed by atoms with van der Waals surface area (Å²) >= 11 is 1.24. The van der Waals surface area contributed by atoms with Crippen LogP contribution in [-0.4, -0.2) is 28.2 Å². The number of fused-ring (bicyclic) bond motifs is 1. The maximum absolute atomic E-state index is 12.5. The van der Waals surface area contributed by atoms with Crippen molar-refractivity contribution in [2.45, 2.75) is 35.3 Å². The molecule has 1 aliphatic heterocycles. The van der Waals surface area contributed by atoms with Gasteiger partial charge in [-0.25, -0.2) is 13.1 Å². The van der Waals surface area contributed by atoms with E-state index in [1.165, 1.54) is 11.3 Å². The molecule has 0 atom stereocenters. The molecule has 2 aliphatic rings. The highest BCUT2D eigenvalue weighted by atomic mass is 32.2. The molecule has 7 heteroatoms. The van der Waals surface area contributed by atoms with Crippen LogP contribution in [-0.2, 0) is 15.4 Å². The molecule has 0 radical (unpaired) electrons. The van der Waals surface area contributed by atoms with Gasteiger partial charge in [0.1, 0.15) is 17.4 Å². The molecule has 0 spiro atoms. The average molecular weight is 380 g/mol. The van der Waals surface area contributed by atoms with Gasteiger partial charge < -0.3 is 9.47 Å². The number of nitrogens with one attached hydrogen (secondary N) is 1. The van der Waals surface area contributed by atoms with Crippen LogP contribution < -0.4 is 14.2 Å². The number of ether oxygens (including phenoxy) is 2. The summed E-state index contributed by atoms with van der Waals surface area (Å²) in [4.78, 5) is 0. The lowest BCUT2D eigenvalue weighted by molar-refractivity contribution is 0.171. The second-order valence-corrected chi connectivity index (χ2v) is 9.54. The molecule has 1 aromatic heterocycles. The molecule has 1 aliphatic carbocycles. The summed E-state index contributed by atoms with van der Waals surface area (Å²) in [6.07, 6.45) is 4.16. The maximum Gasteiger partial charge on any atom is 0.250 e. The smallest absolute Gasteiger partial charge is 0.250 e. The van der Waals surface area contributed by atoms with Crippen molar-refractivity contribution < 1.29 is 17.9 Å². The van der Waals surface area contributed by atoms with Crippen LogP contribution in [0.15, 0.2) is 39.9 Å². The van der Waals surface area contributed by atoms with Crippen LogP contribution in [0.3, 0.4) is 0 Å². The van der Waals surface area contributed by atoms with Gasteiger partial charge in [-0.05, 0) is 42.0 Å². The molecule has 1 fully saturated rings. The summed E-state index contributed by atoms with van der Waals surface area (Å²) in [5.74, 6) is 1.53. The molecule has 2 aromatic rings. The Morgan fingerprint density at radius 1 is 1.08 bits per heavy atom.